The molecule has 1 aliphatic carbocycles. The zero-order chi connectivity index (χ0) is 17.1. The fourth-order valence-corrected chi connectivity index (χ4v) is 3.85. The molecule has 1 aliphatic heterocycles. The molecule has 126 valence electrons. The first-order valence-electron chi connectivity index (χ1n) is 9.23. The van der Waals surface area contributed by atoms with Crippen LogP contribution in [0.15, 0.2) is 77.5 Å². The molecule has 0 bridgehead atoms. The molecule has 2 aromatic carbocycles. The summed E-state index contributed by atoms with van der Waals surface area (Å²) in [5.74, 6) is 0.172. The lowest BCUT2D eigenvalue weighted by Gasteiger charge is -2.20. The number of rotatable bonds is 2. The van der Waals surface area contributed by atoms with E-state index in [1.165, 1.54) is 24.8 Å². The second-order valence-electron chi connectivity index (χ2n) is 6.79. The average Bonchev–Trinajstić information content (AvgIpc) is 2.86. The molecule has 0 fully saturated rings. The molecule has 25 heavy (non-hydrogen) atoms. The van der Waals surface area contributed by atoms with Crippen LogP contribution in [0.1, 0.15) is 44.1 Å². The molecule has 4 rings (SSSR count). The van der Waals surface area contributed by atoms with Gasteiger partial charge in [-0.3, -0.25) is 9.69 Å². The van der Waals surface area contributed by atoms with Gasteiger partial charge in [0.1, 0.15) is 0 Å². The van der Waals surface area contributed by atoms with Gasteiger partial charge >= 0.3 is 0 Å². The normalized spacial score (nSPS) is 19.8. The van der Waals surface area contributed by atoms with Crippen LogP contribution in [0, 0.1) is 0 Å². The Labute approximate surface area is 149 Å². The van der Waals surface area contributed by atoms with Crippen molar-refractivity contribution in [1.29, 1.82) is 0 Å². The quantitative estimate of drug-likeness (QED) is 0.689. The predicted octanol–water partition coefficient (Wildman–Crippen LogP) is 5.73. The van der Waals surface area contributed by atoms with Gasteiger partial charge < -0.3 is 0 Å². The molecule has 0 saturated heterocycles. The topological polar surface area (TPSA) is 20.3 Å². The maximum absolute atomic E-state index is 13.2. The van der Waals surface area contributed by atoms with E-state index in [4.69, 9.17) is 0 Å². The molecule has 2 heteroatoms. The monoisotopic (exact) mass is 329 g/mol. The van der Waals surface area contributed by atoms with E-state index in [0.29, 0.717) is 0 Å². The van der Waals surface area contributed by atoms with Crippen molar-refractivity contribution in [1.82, 2.24) is 0 Å². The smallest absolute Gasteiger partial charge is 0.259 e. The van der Waals surface area contributed by atoms with Gasteiger partial charge in [0.2, 0.25) is 0 Å². The second kappa shape index (κ2) is 7.10. The SMILES string of the molecule is O=C1C2=C(CCCCCC2)/C(=C/c2ccccc2)N1c1ccccc1. The minimum Gasteiger partial charge on any atom is -0.277 e. The Morgan fingerprint density at radius 2 is 1.32 bits per heavy atom. The van der Waals surface area contributed by atoms with Crippen molar-refractivity contribution in [3.8, 4) is 0 Å². The van der Waals surface area contributed by atoms with Crippen LogP contribution in [0.5, 0.6) is 0 Å². The van der Waals surface area contributed by atoms with Crippen LogP contribution in [0.4, 0.5) is 5.69 Å². The number of allylic oxidation sites excluding steroid dienone is 1. The number of amides is 1. The molecule has 2 aliphatic rings. The first kappa shape index (κ1) is 15.9. The Bertz CT molecular complexity index is 818. The summed E-state index contributed by atoms with van der Waals surface area (Å²) in [4.78, 5) is 15.2. The molecule has 0 radical (unpaired) electrons. The van der Waals surface area contributed by atoms with E-state index in [0.717, 1.165) is 41.8 Å². The van der Waals surface area contributed by atoms with Gasteiger partial charge in [-0.15, -0.1) is 0 Å². The molecule has 0 atom stereocenters. The van der Waals surface area contributed by atoms with Gasteiger partial charge in [-0.1, -0.05) is 61.4 Å². The summed E-state index contributed by atoms with van der Waals surface area (Å²) in [5, 5.41) is 0. The maximum Gasteiger partial charge on any atom is 0.259 e. The summed E-state index contributed by atoms with van der Waals surface area (Å²) < 4.78 is 0. The summed E-state index contributed by atoms with van der Waals surface area (Å²) in [6.07, 6.45) is 8.86. The molecule has 1 heterocycles. The van der Waals surface area contributed by atoms with E-state index in [1.54, 1.807) is 0 Å². The van der Waals surface area contributed by atoms with E-state index in [2.05, 4.69) is 18.2 Å². The maximum atomic E-state index is 13.2. The summed E-state index contributed by atoms with van der Waals surface area (Å²) >= 11 is 0. The third kappa shape index (κ3) is 3.17. The van der Waals surface area contributed by atoms with Crippen molar-refractivity contribution in [2.24, 2.45) is 0 Å². The zero-order valence-electron chi connectivity index (χ0n) is 14.4. The third-order valence-corrected chi connectivity index (χ3v) is 5.10. The molecule has 0 unspecified atom stereocenters. The van der Waals surface area contributed by atoms with Crippen molar-refractivity contribution in [2.75, 3.05) is 4.90 Å². The van der Waals surface area contributed by atoms with Gasteiger partial charge in [0.05, 0.1) is 5.70 Å². The largest absolute Gasteiger partial charge is 0.277 e. The van der Waals surface area contributed by atoms with Gasteiger partial charge in [-0.25, -0.2) is 0 Å². The van der Waals surface area contributed by atoms with Crippen LogP contribution < -0.4 is 4.90 Å². The van der Waals surface area contributed by atoms with Crippen LogP contribution >= 0.6 is 0 Å². The Hall–Kier alpha value is -2.61. The first-order valence-corrected chi connectivity index (χ1v) is 9.23. The van der Waals surface area contributed by atoms with Crippen molar-refractivity contribution in [3.63, 3.8) is 0 Å². The van der Waals surface area contributed by atoms with E-state index in [-0.39, 0.29) is 5.91 Å². The van der Waals surface area contributed by atoms with Gasteiger partial charge in [-0.2, -0.15) is 0 Å². The third-order valence-electron chi connectivity index (χ3n) is 5.10. The standard InChI is InChI=1S/C23H23NO/c25-23-21-16-10-2-1-9-15-20(21)22(17-18-11-5-3-6-12-18)24(23)19-13-7-4-8-14-19/h3-8,11-14,17H,1-2,9-10,15-16H2/b22-17-. The van der Waals surface area contributed by atoms with Crippen LogP contribution in [0.3, 0.4) is 0 Å². The summed E-state index contributed by atoms with van der Waals surface area (Å²) in [6.45, 7) is 0. The number of carbonyl (C=O) groups is 1. The molecule has 0 spiro atoms. The Morgan fingerprint density at radius 3 is 2.00 bits per heavy atom. The van der Waals surface area contributed by atoms with Crippen molar-refractivity contribution in [2.45, 2.75) is 38.5 Å². The molecule has 0 N–H and O–H groups in total. The number of hydrogen-bond acceptors (Lipinski definition) is 1. The van der Waals surface area contributed by atoms with Gasteiger partial charge in [0.25, 0.3) is 5.91 Å². The highest BCUT2D eigenvalue weighted by Crippen LogP contribution is 2.40. The number of benzene rings is 2. The fraction of sp³-hybridized carbons (Fsp3) is 0.261. The molecule has 1 amide bonds. The lowest BCUT2D eigenvalue weighted by molar-refractivity contribution is -0.114. The number of para-hydroxylation sites is 1. The number of hydrogen-bond donors (Lipinski definition) is 0. The Morgan fingerprint density at radius 1 is 0.720 bits per heavy atom. The van der Waals surface area contributed by atoms with Gasteiger partial charge in [0.15, 0.2) is 0 Å². The lowest BCUT2D eigenvalue weighted by atomic mass is 9.93. The van der Waals surface area contributed by atoms with Crippen molar-refractivity contribution in [3.05, 3.63) is 83.1 Å². The lowest BCUT2D eigenvalue weighted by Crippen LogP contribution is -2.25. The van der Waals surface area contributed by atoms with E-state index < -0.39 is 0 Å². The number of nitrogens with zero attached hydrogens (tertiary/aromatic N) is 1. The van der Waals surface area contributed by atoms with Crippen molar-refractivity contribution < 1.29 is 4.79 Å². The Balaban J connectivity index is 1.83. The van der Waals surface area contributed by atoms with Crippen molar-refractivity contribution >= 4 is 17.7 Å². The molecular weight excluding hydrogens is 306 g/mol. The first-order chi connectivity index (χ1) is 12.3. The molecular formula is C23H23NO. The van der Waals surface area contributed by atoms with Gasteiger partial charge in [0, 0.05) is 11.3 Å². The summed E-state index contributed by atoms with van der Waals surface area (Å²) in [6, 6.07) is 20.4. The molecule has 0 saturated carbocycles. The van der Waals surface area contributed by atoms with E-state index in [1.807, 2.05) is 53.4 Å². The van der Waals surface area contributed by atoms with Crippen LogP contribution in [0.25, 0.3) is 6.08 Å². The van der Waals surface area contributed by atoms with Gasteiger partial charge in [-0.05, 0) is 55.0 Å². The van der Waals surface area contributed by atoms with Crippen LogP contribution in [-0.4, -0.2) is 5.91 Å². The minimum atomic E-state index is 0.172. The molecule has 0 aromatic heterocycles. The second-order valence-corrected chi connectivity index (χ2v) is 6.79. The highest BCUT2D eigenvalue weighted by molar-refractivity contribution is 6.14. The van der Waals surface area contributed by atoms with E-state index >= 15 is 0 Å². The minimum absolute atomic E-state index is 0.172. The van der Waals surface area contributed by atoms with E-state index in [9.17, 15) is 4.79 Å². The molecule has 2 nitrogen and oxygen atoms in total. The summed E-state index contributed by atoms with van der Waals surface area (Å²) in [5.41, 5.74) is 5.46. The average molecular weight is 329 g/mol. The molecule has 2 aromatic rings. The van der Waals surface area contributed by atoms with Crippen LogP contribution in [0.2, 0.25) is 0 Å². The summed E-state index contributed by atoms with van der Waals surface area (Å²) in [7, 11) is 0. The van der Waals surface area contributed by atoms with Crippen LogP contribution in [-0.2, 0) is 4.79 Å². The number of carbonyl (C=O) groups excluding carboxylic acids is 1. The predicted molar refractivity (Wildman–Crippen MR) is 103 cm³/mol. The Kier molecular flexibility index (Phi) is 4.51. The number of anilines is 1. The highest BCUT2D eigenvalue weighted by atomic mass is 16.2. The fourth-order valence-electron chi connectivity index (χ4n) is 3.85. The highest BCUT2D eigenvalue weighted by Gasteiger charge is 2.35. The zero-order valence-corrected chi connectivity index (χ0v) is 14.4.